The Morgan fingerprint density at radius 2 is 2.35 bits per heavy atom. The number of fused-ring (bicyclic) bond motifs is 1. The molecule has 2 N–H and O–H groups in total. The molecule has 5 heteroatoms. The Hall–Kier alpha value is -2.04. The molecular weight excluding hydrogens is 216 g/mol. The lowest BCUT2D eigenvalue weighted by Gasteiger charge is -2.01. The second-order valence-corrected chi connectivity index (χ2v) is 3.91. The topological polar surface area (TPSA) is 58.4 Å². The molecule has 5 nitrogen and oxygen atoms in total. The zero-order chi connectivity index (χ0) is 12.3. The molecule has 0 radical (unpaired) electrons. The van der Waals surface area contributed by atoms with Crippen molar-refractivity contribution >= 4 is 11.7 Å². The molecule has 0 aliphatic heterocycles. The van der Waals surface area contributed by atoms with Gasteiger partial charge >= 0.3 is 6.03 Å². The maximum Gasteiger partial charge on any atom is 0.314 e. The number of nitrogens with one attached hydrogen (secondary N) is 2. The molecule has 2 amide bonds. The molecular formula is C12H16N4O. The fourth-order valence-electron chi connectivity index (χ4n) is 1.72. The Morgan fingerprint density at radius 3 is 3.06 bits per heavy atom. The SMILES string of the molecule is CNC(=O)NCCc1cn2cccc(C)c2n1. The first kappa shape index (κ1) is 11.4. The van der Waals surface area contributed by atoms with Gasteiger partial charge in [-0.25, -0.2) is 9.78 Å². The quantitative estimate of drug-likeness (QED) is 0.833. The number of carbonyl (C=O) groups excluding carboxylic acids is 1. The Morgan fingerprint density at radius 1 is 1.53 bits per heavy atom. The smallest absolute Gasteiger partial charge is 0.314 e. The number of carbonyl (C=O) groups is 1. The van der Waals surface area contributed by atoms with Crippen molar-refractivity contribution in [1.29, 1.82) is 0 Å². The highest BCUT2D eigenvalue weighted by Crippen LogP contribution is 2.09. The van der Waals surface area contributed by atoms with Crippen LogP contribution in [0.1, 0.15) is 11.3 Å². The van der Waals surface area contributed by atoms with Crippen LogP contribution in [0.2, 0.25) is 0 Å². The molecule has 0 bridgehead atoms. The van der Waals surface area contributed by atoms with Crippen molar-refractivity contribution in [3.8, 4) is 0 Å². The van der Waals surface area contributed by atoms with Crippen LogP contribution in [0.4, 0.5) is 4.79 Å². The second-order valence-electron chi connectivity index (χ2n) is 3.91. The molecule has 0 aliphatic carbocycles. The Balaban J connectivity index is 2.05. The zero-order valence-corrected chi connectivity index (χ0v) is 10.0. The van der Waals surface area contributed by atoms with Crippen LogP contribution >= 0.6 is 0 Å². The summed E-state index contributed by atoms with van der Waals surface area (Å²) < 4.78 is 2.00. The Bertz CT molecular complexity index is 532. The lowest BCUT2D eigenvalue weighted by Crippen LogP contribution is -2.34. The van der Waals surface area contributed by atoms with Crippen LogP contribution < -0.4 is 10.6 Å². The van der Waals surface area contributed by atoms with Gasteiger partial charge in [-0.15, -0.1) is 0 Å². The third-order valence-corrected chi connectivity index (χ3v) is 2.62. The minimum Gasteiger partial charge on any atom is -0.341 e. The number of nitrogens with zero attached hydrogens (tertiary/aromatic N) is 2. The monoisotopic (exact) mass is 232 g/mol. The first-order valence-electron chi connectivity index (χ1n) is 5.59. The van der Waals surface area contributed by atoms with Gasteiger partial charge in [-0.1, -0.05) is 6.07 Å². The molecule has 90 valence electrons. The number of imidazole rings is 1. The number of rotatable bonds is 3. The minimum absolute atomic E-state index is 0.162. The third-order valence-electron chi connectivity index (χ3n) is 2.62. The summed E-state index contributed by atoms with van der Waals surface area (Å²) >= 11 is 0. The fraction of sp³-hybridized carbons (Fsp3) is 0.333. The highest BCUT2D eigenvalue weighted by molar-refractivity contribution is 5.73. The third kappa shape index (κ3) is 2.55. The summed E-state index contributed by atoms with van der Waals surface area (Å²) in [4.78, 5) is 15.5. The van der Waals surface area contributed by atoms with E-state index in [9.17, 15) is 4.79 Å². The van der Waals surface area contributed by atoms with E-state index in [1.54, 1.807) is 7.05 Å². The van der Waals surface area contributed by atoms with E-state index in [1.807, 2.05) is 35.9 Å². The van der Waals surface area contributed by atoms with Gasteiger partial charge in [0.05, 0.1) is 5.69 Å². The van der Waals surface area contributed by atoms with Gasteiger partial charge in [-0.3, -0.25) is 0 Å². The zero-order valence-electron chi connectivity index (χ0n) is 10.0. The molecule has 2 aromatic heterocycles. The maximum absolute atomic E-state index is 11.0. The Labute approximate surface area is 99.9 Å². The highest BCUT2D eigenvalue weighted by atomic mass is 16.2. The average Bonchev–Trinajstić information content (AvgIpc) is 2.73. The van der Waals surface area contributed by atoms with Crippen LogP contribution in [0.3, 0.4) is 0 Å². The van der Waals surface area contributed by atoms with Crippen LogP contribution in [0.5, 0.6) is 0 Å². The summed E-state index contributed by atoms with van der Waals surface area (Å²) in [6.07, 6.45) is 4.70. The number of hydrogen-bond acceptors (Lipinski definition) is 2. The van der Waals surface area contributed by atoms with Crippen molar-refractivity contribution in [1.82, 2.24) is 20.0 Å². The summed E-state index contributed by atoms with van der Waals surface area (Å²) in [5, 5.41) is 5.25. The summed E-state index contributed by atoms with van der Waals surface area (Å²) in [5.41, 5.74) is 3.11. The second kappa shape index (κ2) is 4.86. The molecule has 0 saturated carbocycles. The van der Waals surface area contributed by atoms with Gasteiger partial charge in [-0.05, 0) is 18.6 Å². The van der Waals surface area contributed by atoms with Crippen LogP contribution in [0.15, 0.2) is 24.5 Å². The molecule has 2 heterocycles. The van der Waals surface area contributed by atoms with E-state index in [-0.39, 0.29) is 6.03 Å². The summed E-state index contributed by atoms with van der Waals surface area (Å²) in [7, 11) is 1.60. The number of hydrogen-bond donors (Lipinski definition) is 2. The molecule has 17 heavy (non-hydrogen) atoms. The first-order chi connectivity index (χ1) is 8.20. The van der Waals surface area contributed by atoms with Crippen LogP contribution in [0.25, 0.3) is 5.65 Å². The van der Waals surface area contributed by atoms with E-state index < -0.39 is 0 Å². The van der Waals surface area contributed by atoms with E-state index in [4.69, 9.17) is 0 Å². The van der Waals surface area contributed by atoms with Crippen molar-refractivity contribution in [2.45, 2.75) is 13.3 Å². The average molecular weight is 232 g/mol. The summed E-state index contributed by atoms with van der Waals surface area (Å²) in [6.45, 7) is 2.62. The predicted molar refractivity (Wildman–Crippen MR) is 66.1 cm³/mol. The fourth-order valence-corrected chi connectivity index (χ4v) is 1.72. The molecule has 0 spiro atoms. The molecule has 0 aliphatic rings. The van der Waals surface area contributed by atoms with Gasteiger partial charge in [0, 0.05) is 32.4 Å². The first-order valence-corrected chi connectivity index (χ1v) is 5.59. The lowest BCUT2D eigenvalue weighted by molar-refractivity contribution is 0.243. The Kier molecular flexibility index (Phi) is 3.27. The van der Waals surface area contributed by atoms with Crippen LogP contribution in [-0.2, 0) is 6.42 Å². The van der Waals surface area contributed by atoms with Crippen molar-refractivity contribution in [3.05, 3.63) is 35.8 Å². The summed E-state index contributed by atoms with van der Waals surface area (Å²) in [5.74, 6) is 0. The predicted octanol–water partition coefficient (Wildman–Crippen LogP) is 1.11. The molecule has 0 unspecified atom stereocenters. The number of aromatic nitrogens is 2. The maximum atomic E-state index is 11.0. The van der Waals surface area contributed by atoms with E-state index in [2.05, 4.69) is 15.6 Å². The van der Waals surface area contributed by atoms with Gasteiger partial charge in [-0.2, -0.15) is 0 Å². The van der Waals surface area contributed by atoms with E-state index >= 15 is 0 Å². The standard InChI is InChI=1S/C12H16N4O/c1-9-4-3-7-16-8-10(15-11(9)16)5-6-14-12(17)13-2/h3-4,7-8H,5-6H2,1-2H3,(H2,13,14,17). The minimum atomic E-state index is -0.162. The van der Waals surface area contributed by atoms with Gasteiger partial charge in [0.15, 0.2) is 0 Å². The van der Waals surface area contributed by atoms with Gasteiger partial charge in [0.25, 0.3) is 0 Å². The molecule has 2 rings (SSSR count). The van der Waals surface area contributed by atoms with Crippen LogP contribution in [-0.4, -0.2) is 29.0 Å². The summed E-state index contributed by atoms with van der Waals surface area (Å²) in [6, 6.07) is 3.87. The number of amides is 2. The van der Waals surface area contributed by atoms with Gasteiger partial charge in [0.1, 0.15) is 5.65 Å². The molecule has 2 aromatic rings. The number of pyridine rings is 1. The molecule has 0 fully saturated rings. The number of urea groups is 1. The van der Waals surface area contributed by atoms with E-state index in [0.29, 0.717) is 6.54 Å². The van der Waals surface area contributed by atoms with E-state index in [1.165, 1.54) is 0 Å². The van der Waals surface area contributed by atoms with Gasteiger partial charge < -0.3 is 15.0 Å². The molecule has 0 saturated heterocycles. The van der Waals surface area contributed by atoms with Crippen molar-refractivity contribution in [3.63, 3.8) is 0 Å². The molecule has 0 atom stereocenters. The largest absolute Gasteiger partial charge is 0.341 e. The normalized spacial score (nSPS) is 10.5. The van der Waals surface area contributed by atoms with Crippen LogP contribution in [0, 0.1) is 6.92 Å². The lowest BCUT2D eigenvalue weighted by atomic mass is 10.3. The van der Waals surface area contributed by atoms with Crippen molar-refractivity contribution in [2.24, 2.45) is 0 Å². The van der Waals surface area contributed by atoms with E-state index in [0.717, 1.165) is 23.3 Å². The van der Waals surface area contributed by atoms with Crippen molar-refractivity contribution in [2.75, 3.05) is 13.6 Å². The highest BCUT2D eigenvalue weighted by Gasteiger charge is 2.03. The number of aryl methyl sites for hydroxylation is 1. The van der Waals surface area contributed by atoms with Gasteiger partial charge in [0.2, 0.25) is 0 Å². The van der Waals surface area contributed by atoms with Crippen molar-refractivity contribution < 1.29 is 4.79 Å². The molecule has 0 aromatic carbocycles.